The summed E-state index contributed by atoms with van der Waals surface area (Å²) in [5.41, 5.74) is 0.604. The topological polar surface area (TPSA) is 33.4 Å². The van der Waals surface area contributed by atoms with E-state index in [1.807, 2.05) is 11.8 Å². The van der Waals surface area contributed by atoms with Crippen LogP contribution in [-0.2, 0) is 6.18 Å². The highest BCUT2D eigenvalue weighted by Crippen LogP contribution is 2.38. The first kappa shape index (κ1) is 16.2. The van der Waals surface area contributed by atoms with E-state index in [1.54, 1.807) is 13.0 Å². The Morgan fingerprint density at radius 2 is 2.08 bits per heavy atom. The Balaban J connectivity index is 1.74. The van der Waals surface area contributed by atoms with Gasteiger partial charge in [0.05, 0.1) is 11.7 Å². The van der Waals surface area contributed by atoms with Crippen LogP contribution in [0.25, 0.3) is 5.65 Å². The number of fused-ring (bicyclic) bond motifs is 1. The molecule has 4 rings (SSSR count). The summed E-state index contributed by atoms with van der Waals surface area (Å²) in [4.78, 5) is 6.67. The lowest BCUT2D eigenvalue weighted by Gasteiger charge is -2.28. The van der Waals surface area contributed by atoms with Gasteiger partial charge >= 0.3 is 6.18 Å². The van der Waals surface area contributed by atoms with Gasteiger partial charge in [0.15, 0.2) is 5.65 Å². The van der Waals surface area contributed by atoms with Crippen molar-refractivity contribution < 1.29 is 13.2 Å². The molecule has 0 radical (unpaired) electrons. The molecule has 0 spiro atoms. The maximum absolute atomic E-state index is 13.3. The number of halogens is 3. The third kappa shape index (κ3) is 2.79. The van der Waals surface area contributed by atoms with E-state index in [2.05, 4.69) is 15.0 Å². The Hall–Kier alpha value is -1.28. The Morgan fingerprint density at radius 3 is 2.79 bits per heavy atom. The van der Waals surface area contributed by atoms with Crippen molar-refractivity contribution in [3.05, 3.63) is 29.2 Å². The fraction of sp³-hybridized carbons (Fsp3) is 0.625. The standard InChI is InChI=1S/C16H19F3N4S/c1-10-7-14(16(17,18)19)23-15(20-10)8-12(21-23)13-3-2-5-22(13)11-4-6-24-9-11/h7-8,11,13H,2-6,9H2,1H3. The number of hydrogen-bond donors (Lipinski definition) is 0. The van der Waals surface area contributed by atoms with Gasteiger partial charge in [0.2, 0.25) is 0 Å². The highest BCUT2D eigenvalue weighted by Gasteiger charge is 2.37. The Bertz CT molecular complexity index is 752. The number of thioether (sulfide) groups is 1. The van der Waals surface area contributed by atoms with E-state index < -0.39 is 11.9 Å². The lowest BCUT2D eigenvalue weighted by atomic mass is 10.1. The minimum absolute atomic E-state index is 0.108. The molecule has 0 bridgehead atoms. The average Bonchev–Trinajstić information content (AvgIpc) is 3.23. The van der Waals surface area contributed by atoms with E-state index in [-0.39, 0.29) is 11.7 Å². The molecule has 0 saturated carbocycles. The minimum atomic E-state index is -4.44. The second-order valence-electron chi connectivity index (χ2n) is 6.53. The summed E-state index contributed by atoms with van der Waals surface area (Å²) >= 11 is 1.95. The third-order valence-corrected chi connectivity index (χ3v) is 6.02. The predicted octanol–water partition coefficient (Wildman–Crippen LogP) is 3.70. The Kier molecular flexibility index (Phi) is 3.99. The largest absolute Gasteiger partial charge is 0.433 e. The van der Waals surface area contributed by atoms with Crippen LogP contribution in [-0.4, -0.2) is 43.6 Å². The van der Waals surface area contributed by atoms with Gasteiger partial charge in [0.1, 0.15) is 5.69 Å². The monoisotopic (exact) mass is 356 g/mol. The number of rotatable bonds is 2. The fourth-order valence-corrected chi connectivity index (χ4v) is 5.05. The molecule has 2 aliphatic heterocycles. The summed E-state index contributed by atoms with van der Waals surface area (Å²) in [5, 5.41) is 4.31. The molecule has 2 aromatic rings. The zero-order valence-corrected chi connectivity index (χ0v) is 14.2. The highest BCUT2D eigenvalue weighted by molar-refractivity contribution is 7.99. The maximum Gasteiger partial charge on any atom is 0.433 e. The van der Waals surface area contributed by atoms with Crippen LogP contribution in [0.2, 0.25) is 0 Å². The summed E-state index contributed by atoms with van der Waals surface area (Å²) in [7, 11) is 0. The SMILES string of the molecule is Cc1cc(C(F)(F)F)n2nc(C3CCCN3C3CCSC3)cc2n1. The van der Waals surface area contributed by atoms with Gasteiger partial charge in [0, 0.05) is 23.6 Å². The van der Waals surface area contributed by atoms with Crippen molar-refractivity contribution >= 4 is 17.4 Å². The van der Waals surface area contributed by atoms with Crippen LogP contribution >= 0.6 is 11.8 Å². The van der Waals surface area contributed by atoms with Crippen molar-refractivity contribution in [3.63, 3.8) is 0 Å². The highest BCUT2D eigenvalue weighted by atomic mass is 32.2. The van der Waals surface area contributed by atoms with Crippen molar-refractivity contribution in [2.24, 2.45) is 0 Å². The van der Waals surface area contributed by atoms with Gasteiger partial charge in [-0.05, 0) is 44.6 Å². The van der Waals surface area contributed by atoms with Crippen molar-refractivity contribution in [2.75, 3.05) is 18.1 Å². The quantitative estimate of drug-likeness (QED) is 0.822. The minimum Gasteiger partial charge on any atom is -0.291 e. The third-order valence-electron chi connectivity index (χ3n) is 4.87. The molecular formula is C16H19F3N4S. The molecular weight excluding hydrogens is 337 g/mol. The van der Waals surface area contributed by atoms with Crippen LogP contribution in [0.3, 0.4) is 0 Å². The van der Waals surface area contributed by atoms with Gasteiger partial charge in [-0.15, -0.1) is 0 Å². The van der Waals surface area contributed by atoms with E-state index in [0.29, 0.717) is 17.4 Å². The molecule has 2 aromatic heterocycles. The number of aryl methyl sites for hydroxylation is 1. The van der Waals surface area contributed by atoms with Gasteiger partial charge < -0.3 is 0 Å². The molecule has 2 unspecified atom stereocenters. The van der Waals surface area contributed by atoms with Crippen molar-refractivity contribution in [2.45, 2.75) is 44.4 Å². The van der Waals surface area contributed by atoms with Gasteiger partial charge in [-0.3, -0.25) is 4.90 Å². The number of nitrogens with zero attached hydrogens (tertiary/aromatic N) is 4. The molecule has 2 atom stereocenters. The zero-order chi connectivity index (χ0) is 16.9. The fourth-order valence-electron chi connectivity index (χ4n) is 3.81. The van der Waals surface area contributed by atoms with Crippen LogP contribution < -0.4 is 0 Å². The normalized spacial score (nSPS) is 25.8. The molecule has 2 aliphatic rings. The number of hydrogen-bond acceptors (Lipinski definition) is 4. The van der Waals surface area contributed by atoms with E-state index >= 15 is 0 Å². The van der Waals surface area contributed by atoms with Gasteiger partial charge in [-0.1, -0.05) is 0 Å². The van der Waals surface area contributed by atoms with Crippen LogP contribution in [0.1, 0.15) is 42.4 Å². The van der Waals surface area contributed by atoms with Gasteiger partial charge in [0.25, 0.3) is 0 Å². The average molecular weight is 356 g/mol. The molecule has 0 N–H and O–H groups in total. The number of aromatic nitrogens is 3. The first-order valence-electron chi connectivity index (χ1n) is 8.21. The van der Waals surface area contributed by atoms with E-state index in [0.717, 1.165) is 47.9 Å². The Labute approximate surface area is 142 Å². The van der Waals surface area contributed by atoms with Crippen molar-refractivity contribution in [3.8, 4) is 0 Å². The number of alkyl halides is 3. The van der Waals surface area contributed by atoms with Crippen molar-refractivity contribution in [1.29, 1.82) is 0 Å². The second kappa shape index (κ2) is 5.91. The molecule has 4 heterocycles. The van der Waals surface area contributed by atoms with Crippen LogP contribution in [0.15, 0.2) is 12.1 Å². The van der Waals surface area contributed by atoms with Crippen molar-refractivity contribution in [1.82, 2.24) is 19.5 Å². The van der Waals surface area contributed by atoms with Gasteiger partial charge in [-0.25, -0.2) is 9.50 Å². The number of likely N-dealkylation sites (tertiary alicyclic amines) is 1. The lowest BCUT2D eigenvalue weighted by Crippen LogP contribution is -2.34. The van der Waals surface area contributed by atoms with E-state index in [1.165, 1.54) is 0 Å². The first-order valence-corrected chi connectivity index (χ1v) is 9.37. The molecule has 0 aromatic carbocycles. The summed E-state index contributed by atoms with van der Waals surface area (Å²) in [6.45, 7) is 2.59. The molecule has 130 valence electrons. The lowest BCUT2D eigenvalue weighted by molar-refractivity contribution is -0.142. The van der Waals surface area contributed by atoms with Crippen LogP contribution in [0.4, 0.5) is 13.2 Å². The molecule has 0 amide bonds. The van der Waals surface area contributed by atoms with E-state index in [4.69, 9.17) is 0 Å². The zero-order valence-electron chi connectivity index (χ0n) is 13.4. The Morgan fingerprint density at radius 1 is 1.25 bits per heavy atom. The van der Waals surface area contributed by atoms with Gasteiger partial charge in [-0.2, -0.15) is 30.0 Å². The molecule has 2 fully saturated rings. The predicted molar refractivity (Wildman–Crippen MR) is 87.1 cm³/mol. The summed E-state index contributed by atoms with van der Waals surface area (Å²) < 4.78 is 40.9. The molecule has 2 saturated heterocycles. The molecule has 24 heavy (non-hydrogen) atoms. The summed E-state index contributed by atoms with van der Waals surface area (Å²) in [6.07, 6.45) is -1.27. The van der Waals surface area contributed by atoms with Crippen LogP contribution in [0.5, 0.6) is 0 Å². The van der Waals surface area contributed by atoms with E-state index in [9.17, 15) is 13.2 Å². The molecule has 8 heteroatoms. The van der Waals surface area contributed by atoms with Crippen LogP contribution in [0, 0.1) is 6.92 Å². The molecule has 0 aliphatic carbocycles. The maximum atomic E-state index is 13.3. The smallest absolute Gasteiger partial charge is 0.291 e. The summed E-state index contributed by atoms with van der Waals surface area (Å²) in [6, 6.07) is 3.41. The second-order valence-corrected chi connectivity index (χ2v) is 7.68. The first-order chi connectivity index (χ1) is 11.4. The molecule has 4 nitrogen and oxygen atoms in total. The summed E-state index contributed by atoms with van der Waals surface area (Å²) in [5.74, 6) is 2.27.